The number of fused-ring (bicyclic) bond motifs is 1. The maximum atomic E-state index is 15.3. The molecule has 0 bridgehead atoms. The zero-order valence-electron chi connectivity index (χ0n) is 22.9. The fraction of sp³-hybridized carbons (Fsp3) is 0.281. The smallest absolute Gasteiger partial charge is 0.282 e. The molecule has 6 rings (SSSR count). The van der Waals surface area contributed by atoms with Crippen molar-refractivity contribution in [3.8, 4) is 17.2 Å². The lowest BCUT2D eigenvalue weighted by atomic mass is 9.84. The Morgan fingerprint density at radius 1 is 1.00 bits per heavy atom. The Balaban J connectivity index is 1.25. The fourth-order valence-electron chi connectivity index (χ4n) is 5.90. The zero-order valence-corrected chi connectivity index (χ0v) is 22.9. The van der Waals surface area contributed by atoms with E-state index in [0.29, 0.717) is 28.6 Å². The molecule has 1 fully saturated rings. The van der Waals surface area contributed by atoms with Crippen molar-refractivity contribution in [2.75, 3.05) is 0 Å². The van der Waals surface area contributed by atoms with Crippen LogP contribution in [0.5, 0.6) is 11.5 Å². The van der Waals surface area contributed by atoms with Crippen LogP contribution in [0.3, 0.4) is 0 Å². The van der Waals surface area contributed by atoms with E-state index in [2.05, 4.69) is 11.2 Å². The van der Waals surface area contributed by atoms with Gasteiger partial charge in [0, 0.05) is 31.4 Å². The van der Waals surface area contributed by atoms with Crippen molar-refractivity contribution in [2.45, 2.75) is 51.4 Å². The number of rotatable bonds is 7. The van der Waals surface area contributed by atoms with Crippen LogP contribution in [0.2, 0.25) is 0 Å². The largest absolute Gasteiger partial charge is 0.452 e. The first-order valence-electron chi connectivity index (χ1n) is 13.8. The topological polar surface area (TPSA) is 70.5 Å². The standard InChI is InChI=1S/C32H30F2N4O3/c1-20-30(32(40)38(36(20)2)24-11-9-23(33)10-12-24)27(39)19-21-8-13-28(26(34)18-21)41-29-14-16-35-37-17-15-25(31(29)37)22-6-4-3-5-7-22/h8-18,22H,3-7,19H2,1-2H3. The summed E-state index contributed by atoms with van der Waals surface area (Å²) in [5.74, 6) is -0.477. The summed E-state index contributed by atoms with van der Waals surface area (Å²) in [6.07, 6.45) is 9.22. The van der Waals surface area contributed by atoms with Crippen LogP contribution in [0, 0.1) is 18.6 Å². The Bertz CT molecular complexity index is 1810. The van der Waals surface area contributed by atoms with E-state index in [1.807, 2.05) is 6.20 Å². The molecule has 0 spiro atoms. The third kappa shape index (κ3) is 4.96. The van der Waals surface area contributed by atoms with Gasteiger partial charge in [0.2, 0.25) is 0 Å². The Hall–Kier alpha value is -4.53. The zero-order chi connectivity index (χ0) is 28.7. The van der Waals surface area contributed by atoms with Gasteiger partial charge in [0.15, 0.2) is 23.1 Å². The number of ketones is 1. The number of ether oxygens (including phenoxy) is 1. The highest BCUT2D eigenvalue weighted by Gasteiger charge is 2.24. The van der Waals surface area contributed by atoms with Crippen molar-refractivity contribution < 1.29 is 18.3 Å². The summed E-state index contributed by atoms with van der Waals surface area (Å²) in [7, 11) is 1.66. The number of nitrogens with zero attached hydrogens (tertiary/aromatic N) is 4. The minimum Gasteiger partial charge on any atom is -0.452 e. The lowest BCUT2D eigenvalue weighted by molar-refractivity contribution is 0.0991. The van der Waals surface area contributed by atoms with Crippen molar-refractivity contribution in [2.24, 2.45) is 7.05 Å². The summed E-state index contributed by atoms with van der Waals surface area (Å²) in [6, 6.07) is 13.7. The predicted molar refractivity (Wildman–Crippen MR) is 151 cm³/mol. The van der Waals surface area contributed by atoms with Crippen LogP contribution in [0.1, 0.15) is 65.2 Å². The summed E-state index contributed by atoms with van der Waals surface area (Å²) in [5.41, 5.74) is 2.84. The van der Waals surface area contributed by atoms with Crippen LogP contribution >= 0.6 is 0 Å². The van der Waals surface area contributed by atoms with Crippen LogP contribution in [0.25, 0.3) is 11.2 Å². The molecule has 0 atom stereocenters. The van der Waals surface area contributed by atoms with Crippen molar-refractivity contribution in [3.63, 3.8) is 0 Å². The molecule has 3 aromatic heterocycles. The van der Waals surface area contributed by atoms with Gasteiger partial charge in [-0.1, -0.05) is 25.3 Å². The van der Waals surface area contributed by atoms with Crippen LogP contribution in [0.15, 0.2) is 71.8 Å². The van der Waals surface area contributed by atoms with Crippen molar-refractivity contribution >= 4 is 11.3 Å². The molecular formula is C32H30F2N4O3. The Labute approximate surface area is 235 Å². The Morgan fingerprint density at radius 2 is 1.76 bits per heavy atom. The van der Waals surface area contributed by atoms with Crippen molar-refractivity contribution in [1.29, 1.82) is 0 Å². The van der Waals surface area contributed by atoms with Gasteiger partial charge >= 0.3 is 0 Å². The second-order valence-corrected chi connectivity index (χ2v) is 10.6. The molecule has 1 aliphatic carbocycles. The minimum atomic E-state index is -0.607. The van der Waals surface area contributed by atoms with Crippen molar-refractivity contribution in [3.05, 3.63) is 111 Å². The molecule has 9 heteroatoms. The second kappa shape index (κ2) is 10.8. The van der Waals surface area contributed by atoms with Crippen LogP contribution < -0.4 is 10.3 Å². The quantitative estimate of drug-likeness (QED) is 0.210. The molecule has 0 N–H and O–H groups in total. The number of hydrogen-bond acceptors (Lipinski definition) is 4. The molecule has 5 aromatic rings. The molecule has 210 valence electrons. The molecule has 0 unspecified atom stereocenters. The number of aromatic nitrogens is 4. The molecule has 41 heavy (non-hydrogen) atoms. The summed E-state index contributed by atoms with van der Waals surface area (Å²) in [4.78, 5) is 26.5. The third-order valence-corrected chi connectivity index (χ3v) is 8.08. The molecule has 1 aliphatic rings. The SMILES string of the molecule is Cc1c(C(=O)Cc2ccc(Oc3ccnn4ccc(C5CCCCC5)c34)c(F)c2)c(=O)n(-c2ccc(F)cc2)n1C. The highest BCUT2D eigenvalue weighted by atomic mass is 19.1. The average molecular weight is 557 g/mol. The molecule has 2 aromatic carbocycles. The van der Waals surface area contributed by atoms with Gasteiger partial charge < -0.3 is 4.74 Å². The van der Waals surface area contributed by atoms with E-state index in [0.717, 1.165) is 18.4 Å². The van der Waals surface area contributed by atoms with E-state index in [4.69, 9.17) is 4.74 Å². The number of halogens is 2. The maximum Gasteiger partial charge on any atom is 0.282 e. The number of benzene rings is 2. The average Bonchev–Trinajstić information content (AvgIpc) is 3.50. The summed E-state index contributed by atoms with van der Waals surface area (Å²) in [5, 5.41) is 4.40. The van der Waals surface area contributed by atoms with E-state index >= 15 is 4.39 Å². The van der Waals surface area contributed by atoms with Crippen LogP contribution in [-0.2, 0) is 13.5 Å². The lowest BCUT2D eigenvalue weighted by Crippen LogP contribution is -2.23. The monoisotopic (exact) mass is 556 g/mol. The lowest BCUT2D eigenvalue weighted by Gasteiger charge is -2.21. The first-order valence-corrected chi connectivity index (χ1v) is 13.8. The summed E-state index contributed by atoms with van der Waals surface area (Å²) >= 11 is 0. The van der Waals surface area contributed by atoms with E-state index in [-0.39, 0.29) is 17.7 Å². The number of carbonyl (C=O) groups is 1. The van der Waals surface area contributed by atoms with Crippen molar-refractivity contribution in [1.82, 2.24) is 19.0 Å². The van der Waals surface area contributed by atoms with Gasteiger partial charge in [0.1, 0.15) is 16.9 Å². The number of carbonyl (C=O) groups excluding carboxylic acids is 1. The van der Waals surface area contributed by atoms with E-state index in [9.17, 15) is 14.0 Å². The summed E-state index contributed by atoms with van der Waals surface area (Å²) in [6.45, 7) is 1.67. The van der Waals surface area contributed by atoms with Gasteiger partial charge in [-0.2, -0.15) is 5.10 Å². The highest BCUT2D eigenvalue weighted by molar-refractivity contribution is 5.98. The molecule has 1 saturated carbocycles. The molecule has 0 saturated heterocycles. The molecular weight excluding hydrogens is 526 g/mol. The van der Waals surface area contributed by atoms with E-state index < -0.39 is 23.0 Å². The second-order valence-electron chi connectivity index (χ2n) is 10.6. The van der Waals surface area contributed by atoms with Gasteiger partial charge in [-0.3, -0.25) is 14.3 Å². The Kier molecular flexibility index (Phi) is 7.03. The molecule has 0 aliphatic heterocycles. The van der Waals surface area contributed by atoms with Crippen LogP contribution in [0.4, 0.5) is 8.78 Å². The first kappa shape index (κ1) is 26.7. The first-order chi connectivity index (χ1) is 19.8. The number of hydrogen-bond donors (Lipinski definition) is 0. The predicted octanol–water partition coefficient (Wildman–Crippen LogP) is 6.68. The van der Waals surface area contributed by atoms with Gasteiger partial charge in [0.25, 0.3) is 5.56 Å². The van der Waals surface area contributed by atoms with E-state index in [1.54, 1.807) is 41.5 Å². The third-order valence-electron chi connectivity index (χ3n) is 8.08. The Morgan fingerprint density at radius 3 is 2.49 bits per heavy atom. The fourth-order valence-corrected chi connectivity index (χ4v) is 5.90. The van der Waals surface area contributed by atoms with Crippen LogP contribution in [-0.4, -0.2) is 24.8 Å². The van der Waals surface area contributed by atoms with Gasteiger partial charge in [0.05, 0.1) is 11.9 Å². The minimum absolute atomic E-state index is 0.0141. The van der Waals surface area contributed by atoms with E-state index in [1.165, 1.54) is 65.9 Å². The number of Topliss-reactive ketones (excluding diaryl/α,β-unsaturated/α-hetero) is 1. The highest BCUT2D eigenvalue weighted by Crippen LogP contribution is 2.39. The molecule has 0 radical (unpaired) electrons. The molecule has 3 heterocycles. The summed E-state index contributed by atoms with van der Waals surface area (Å²) < 4.78 is 39.4. The normalized spacial score (nSPS) is 14.0. The molecule has 0 amide bonds. The maximum absolute atomic E-state index is 15.3. The van der Waals surface area contributed by atoms with Gasteiger partial charge in [-0.05, 0) is 79.3 Å². The molecule has 7 nitrogen and oxygen atoms in total. The van der Waals surface area contributed by atoms with Gasteiger partial charge in [-0.15, -0.1) is 0 Å². The van der Waals surface area contributed by atoms with Gasteiger partial charge in [-0.25, -0.2) is 18.0 Å².